The van der Waals surface area contributed by atoms with Crippen LogP contribution in [0.1, 0.15) is 15.4 Å². The highest BCUT2D eigenvalue weighted by atomic mass is 35.5. The van der Waals surface area contributed by atoms with E-state index in [2.05, 4.69) is 5.10 Å². The van der Waals surface area contributed by atoms with Crippen LogP contribution in [0.3, 0.4) is 0 Å². The number of aromatic nitrogens is 2. The van der Waals surface area contributed by atoms with Crippen molar-refractivity contribution in [2.24, 2.45) is 0 Å². The van der Waals surface area contributed by atoms with Crippen LogP contribution in [0.5, 0.6) is 0 Å². The smallest absolute Gasteiger partial charge is 0.356 e. The molecule has 0 aliphatic carbocycles. The Morgan fingerprint density at radius 2 is 2.33 bits per heavy atom. The Balaban J connectivity index is 2.14. The largest absolute Gasteiger partial charge is 0.476 e. The molecule has 0 spiro atoms. The maximum atomic E-state index is 10.6. The van der Waals surface area contributed by atoms with E-state index in [0.29, 0.717) is 6.54 Å². The molecule has 2 aromatic rings. The maximum absolute atomic E-state index is 10.6. The first-order chi connectivity index (χ1) is 7.15. The zero-order chi connectivity index (χ0) is 10.8. The molecule has 2 rings (SSSR count). The lowest BCUT2D eigenvalue weighted by Gasteiger charge is -1.96. The summed E-state index contributed by atoms with van der Waals surface area (Å²) < 4.78 is 2.29. The zero-order valence-electron chi connectivity index (χ0n) is 7.55. The number of thiophene rings is 1. The van der Waals surface area contributed by atoms with E-state index in [0.717, 1.165) is 9.21 Å². The van der Waals surface area contributed by atoms with E-state index in [4.69, 9.17) is 16.7 Å². The van der Waals surface area contributed by atoms with Gasteiger partial charge in [-0.25, -0.2) is 4.79 Å². The highest BCUT2D eigenvalue weighted by molar-refractivity contribution is 7.16. The van der Waals surface area contributed by atoms with Crippen LogP contribution in [0, 0.1) is 0 Å². The van der Waals surface area contributed by atoms with Gasteiger partial charge in [-0.1, -0.05) is 11.6 Å². The number of rotatable bonds is 3. The predicted octanol–water partition coefficient (Wildman–Crippen LogP) is 2.34. The normalized spacial score (nSPS) is 10.5. The van der Waals surface area contributed by atoms with E-state index in [1.807, 2.05) is 12.1 Å². The van der Waals surface area contributed by atoms with Crippen LogP contribution in [0.4, 0.5) is 0 Å². The fourth-order valence-electron chi connectivity index (χ4n) is 1.16. The topological polar surface area (TPSA) is 55.1 Å². The van der Waals surface area contributed by atoms with E-state index < -0.39 is 5.97 Å². The van der Waals surface area contributed by atoms with Crippen LogP contribution < -0.4 is 0 Å². The minimum absolute atomic E-state index is 0.0534. The average molecular weight is 243 g/mol. The average Bonchev–Trinajstić information content (AvgIpc) is 2.76. The van der Waals surface area contributed by atoms with E-state index in [-0.39, 0.29) is 5.69 Å². The van der Waals surface area contributed by atoms with E-state index in [1.165, 1.54) is 17.4 Å². The van der Waals surface area contributed by atoms with Gasteiger partial charge >= 0.3 is 5.97 Å². The van der Waals surface area contributed by atoms with E-state index in [9.17, 15) is 4.79 Å². The van der Waals surface area contributed by atoms with Gasteiger partial charge in [-0.05, 0) is 18.2 Å². The Kier molecular flexibility index (Phi) is 2.75. The fraction of sp³-hybridized carbons (Fsp3) is 0.111. The van der Waals surface area contributed by atoms with E-state index in [1.54, 1.807) is 10.9 Å². The molecule has 4 nitrogen and oxygen atoms in total. The summed E-state index contributed by atoms with van der Waals surface area (Å²) in [5.74, 6) is -1.02. The molecule has 0 saturated heterocycles. The van der Waals surface area contributed by atoms with Crippen LogP contribution in [-0.2, 0) is 6.54 Å². The van der Waals surface area contributed by atoms with Gasteiger partial charge in [-0.15, -0.1) is 11.3 Å². The Morgan fingerprint density at radius 1 is 1.53 bits per heavy atom. The lowest BCUT2D eigenvalue weighted by atomic mass is 10.4. The van der Waals surface area contributed by atoms with Crippen molar-refractivity contribution in [3.63, 3.8) is 0 Å². The monoisotopic (exact) mass is 242 g/mol. The number of carboxylic acid groups (broad SMARTS) is 1. The van der Waals surface area contributed by atoms with Crippen LogP contribution in [0.2, 0.25) is 4.34 Å². The van der Waals surface area contributed by atoms with Gasteiger partial charge < -0.3 is 5.11 Å². The number of aromatic carboxylic acids is 1. The van der Waals surface area contributed by atoms with Gasteiger partial charge in [0.15, 0.2) is 5.69 Å². The SMILES string of the molecule is O=C(O)c1ccn(Cc2ccc(Cl)s2)n1. The molecule has 0 atom stereocenters. The fourth-order valence-corrected chi connectivity index (χ4v) is 2.24. The number of hydrogen-bond donors (Lipinski definition) is 1. The Labute approximate surface area is 94.7 Å². The van der Waals surface area contributed by atoms with E-state index >= 15 is 0 Å². The number of halogens is 1. The summed E-state index contributed by atoms with van der Waals surface area (Å²) >= 11 is 7.23. The van der Waals surface area contributed by atoms with Crippen molar-refractivity contribution >= 4 is 28.9 Å². The van der Waals surface area contributed by atoms with Crippen molar-refractivity contribution in [2.45, 2.75) is 6.54 Å². The first-order valence-electron chi connectivity index (χ1n) is 4.16. The minimum Gasteiger partial charge on any atom is -0.476 e. The minimum atomic E-state index is -1.02. The molecule has 0 fully saturated rings. The molecule has 6 heteroatoms. The van der Waals surface area contributed by atoms with Gasteiger partial charge in [0.25, 0.3) is 0 Å². The van der Waals surface area contributed by atoms with Crippen molar-refractivity contribution in [1.29, 1.82) is 0 Å². The molecule has 15 heavy (non-hydrogen) atoms. The second kappa shape index (κ2) is 4.04. The summed E-state index contributed by atoms with van der Waals surface area (Å²) in [5.41, 5.74) is 0.0534. The molecule has 78 valence electrons. The first kappa shape index (κ1) is 10.2. The summed E-state index contributed by atoms with van der Waals surface area (Å²) in [4.78, 5) is 11.6. The van der Waals surface area contributed by atoms with Crippen molar-refractivity contribution < 1.29 is 9.90 Å². The Hall–Kier alpha value is -1.33. The number of carbonyl (C=O) groups is 1. The van der Waals surface area contributed by atoms with Crippen molar-refractivity contribution in [1.82, 2.24) is 9.78 Å². The highest BCUT2D eigenvalue weighted by Gasteiger charge is 2.07. The first-order valence-corrected chi connectivity index (χ1v) is 5.35. The summed E-state index contributed by atoms with van der Waals surface area (Å²) in [6.45, 7) is 0.546. The number of carboxylic acids is 1. The molecule has 2 heterocycles. The standard InChI is InChI=1S/C9H7ClN2O2S/c10-8-2-1-6(15-8)5-12-4-3-7(11-12)9(13)14/h1-4H,5H2,(H,13,14). The predicted molar refractivity (Wildman–Crippen MR) is 57.6 cm³/mol. The second-order valence-electron chi connectivity index (χ2n) is 2.91. The molecular weight excluding hydrogens is 236 g/mol. The Bertz CT molecular complexity index is 492. The molecule has 0 unspecified atom stereocenters. The lowest BCUT2D eigenvalue weighted by molar-refractivity contribution is 0.0689. The molecule has 0 aromatic carbocycles. The van der Waals surface area contributed by atoms with Gasteiger partial charge in [-0.3, -0.25) is 4.68 Å². The summed E-state index contributed by atoms with van der Waals surface area (Å²) in [5, 5.41) is 12.6. The van der Waals surface area contributed by atoms with Crippen molar-refractivity contribution in [3.05, 3.63) is 39.3 Å². The molecule has 0 aliphatic rings. The van der Waals surface area contributed by atoms with Gasteiger partial charge in [-0.2, -0.15) is 5.10 Å². The summed E-state index contributed by atoms with van der Waals surface area (Å²) in [7, 11) is 0. The lowest BCUT2D eigenvalue weighted by Crippen LogP contribution is -2.02. The molecular formula is C9H7ClN2O2S. The Morgan fingerprint density at radius 3 is 2.87 bits per heavy atom. The number of hydrogen-bond acceptors (Lipinski definition) is 3. The summed E-state index contributed by atoms with van der Waals surface area (Å²) in [6, 6.07) is 5.18. The highest BCUT2D eigenvalue weighted by Crippen LogP contribution is 2.21. The van der Waals surface area contributed by atoms with Crippen LogP contribution in [0.15, 0.2) is 24.4 Å². The zero-order valence-corrected chi connectivity index (χ0v) is 9.13. The molecule has 2 aromatic heterocycles. The second-order valence-corrected chi connectivity index (χ2v) is 4.71. The third-order valence-electron chi connectivity index (χ3n) is 1.81. The molecule has 0 aliphatic heterocycles. The molecule has 0 amide bonds. The molecule has 0 radical (unpaired) electrons. The van der Waals surface area contributed by atoms with Gasteiger partial charge in [0.2, 0.25) is 0 Å². The molecule has 0 saturated carbocycles. The molecule has 0 bridgehead atoms. The number of nitrogens with zero attached hydrogens (tertiary/aromatic N) is 2. The van der Waals surface area contributed by atoms with Gasteiger partial charge in [0.05, 0.1) is 10.9 Å². The quantitative estimate of drug-likeness (QED) is 0.899. The van der Waals surface area contributed by atoms with Crippen LogP contribution in [0.25, 0.3) is 0 Å². The van der Waals surface area contributed by atoms with Gasteiger partial charge in [0.1, 0.15) is 0 Å². The molecule has 1 N–H and O–H groups in total. The van der Waals surface area contributed by atoms with Crippen molar-refractivity contribution in [3.8, 4) is 0 Å². The van der Waals surface area contributed by atoms with Gasteiger partial charge in [0, 0.05) is 11.1 Å². The van der Waals surface area contributed by atoms with Crippen LogP contribution in [-0.4, -0.2) is 20.9 Å². The van der Waals surface area contributed by atoms with Crippen LogP contribution >= 0.6 is 22.9 Å². The summed E-state index contributed by atoms with van der Waals surface area (Å²) in [6.07, 6.45) is 1.64. The van der Waals surface area contributed by atoms with Crippen molar-refractivity contribution in [2.75, 3.05) is 0 Å². The maximum Gasteiger partial charge on any atom is 0.356 e. The third-order valence-corrected chi connectivity index (χ3v) is 3.02. The third kappa shape index (κ3) is 2.37.